The largest absolute Gasteiger partial charge is 0.462 e. The van der Waals surface area contributed by atoms with E-state index in [1.165, 1.54) is 29.6 Å². The van der Waals surface area contributed by atoms with Gasteiger partial charge in [0.2, 0.25) is 0 Å². The average molecular weight is 336 g/mol. The van der Waals surface area contributed by atoms with Gasteiger partial charge in [0.15, 0.2) is 11.2 Å². The first kappa shape index (κ1) is 16.4. The Balaban J connectivity index is 1.77. The van der Waals surface area contributed by atoms with Crippen LogP contribution in [0.2, 0.25) is 0 Å². The molecule has 0 aliphatic carbocycles. The van der Waals surface area contributed by atoms with Crippen molar-refractivity contribution >= 4 is 17.1 Å². The second-order valence-corrected chi connectivity index (χ2v) is 5.92. The standard InChI is InChI=1S/C15H20N4O5/c1-17-13-12(14(21)18(2)15(17)22)19(9-16-13)7-11(20)24-8-10-5-3-4-6-23-10/h9-10H,3-8H2,1-2H3. The lowest BCUT2D eigenvalue weighted by molar-refractivity contribution is -0.149. The lowest BCUT2D eigenvalue weighted by atomic mass is 10.1. The number of hydrogen-bond acceptors (Lipinski definition) is 6. The van der Waals surface area contributed by atoms with Crippen LogP contribution >= 0.6 is 0 Å². The second-order valence-electron chi connectivity index (χ2n) is 5.92. The van der Waals surface area contributed by atoms with Crippen molar-refractivity contribution in [3.63, 3.8) is 0 Å². The Morgan fingerprint density at radius 2 is 2.12 bits per heavy atom. The van der Waals surface area contributed by atoms with Crippen molar-refractivity contribution < 1.29 is 14.3 Å². The summed E-state index contributed by atoms with van der Waals surface area (Å²) >= 11 is 0. The highest BCUT2D eigenvalue weighted by molar-refractivity contribution is 5.75. The lowest BCUT2D eigenvalue weighted by Gasteiger charge is -2.22. The molecule has 1 atom stereocenters. The first-order chi connectivity index (χ1) is 11.5. The van der Waals surface area contributed by atoms with Gasteiger partial charge in [0, 0.05) is 20.7 Å². The van der Waals surface area contributed by atoms with Crippen molar-refractivity contribution in [2.75, 3.05) is 13.2 Å². The van der Waals surface area contributed by atoms with Crippen LogP contribution in [0.15, 0.2) is 15.9 Å². The first-order valence-electron chi connectivity index (χ1n) is 7.87. The summed E-state index contributed by atoms with van der Waals surface area (Å²) in [7, 11) is 2.92. The van der Waals surface area contributed by atoms with E-state index < -0.39 is 17.2 Å². The predicted molar refractivity (Wildman–Crippen MR) is 84.8 cm³/mol. The van der Waals surface area contributed by atoms with Crippen molar-refractivity contribution in [1.29, 1.82) is 0 Å². The van der Waals surface area contributed by atoms with E-state index in [1.54, 1.807) is 0 Å². The number of ether oxygens (including phenoxy) is 2. The SMILES string of the molecule is Cn1c(=O)c2c(ncn2CC(=O)OCC2CCCCO2)n(C)c1=O. The molecule has 2 aromatic heterocycles. The molecule has 0 radical (unpaired) electrons. The monoisotopic (exact) mass is 336 g/mol. The highest BCUT2D eigenvalue weighted by Gasteiger charge is 2.19. The van der Waals surface area contributed by atoms with Gasteiger partial charge in [0.05, 0.1) is 12.4 Å². The molecule has 0 saturated carbocycles. The third kappa shape index (κ3) is 2.99. The molecule has 1 fully saturated rings. The number of aromatic nitrogens is 4. The summed E-state index contributed by atoms with van der Waals surface area (Å²) in [6.45, 7) is 0.761. The Labute approximate surface area is 137 Å². The molecule has 9 nitrogen and oxygen atoms in total. The maximum atomic E-state index is 12.3. The summed E-state index contributed by atoms with van der Waals surface area (Å²) in [4.78, 5) is 40.3. The van der Waals surface area contributed by atoms with Gasteiger partial charge in [0.25, 0.3) is 5.56 Å². The fourth-order valence-electron chi connectivity index (χ4n) is 2.83. The molecular formula is C15H20N4O5. The lowest BCUT2D eigenvalue weighted by Crippen LogP contribution is -2.37. The summed E-state index contributed by atoms with van der Waals surface area (Å²) in [6, 6.07) is 0. The van der Waals surface area contributed by atoms with Gasteiger partial charge in [-0.25, -0.2) is 9.78 Å². The molecule has 1 aliphatic heterocycles. The van der Waals surface area contributed by atoms with Crippen molar-refractivity contribution in [3.05, 3.63) is 27.2 Å². The highest BCUT2D eigenvalue weighted by atomic mass is 16.6. The Morgan fingerprint density at radius 1 is 1.33 bits per heavy atom. The van der Waals surface area contributed by atoms with Crippen LogP contribution in [0.3, 0.4) is 0 Å². The van der Waals surface area contributed by atoms with Crippen molar-refractivity contribution in [2.24, 2.45) is 14.1 Å². The maximum Gasteiger partial charge on any atom is 0.332 e. The number of carbonyl (C=O) groups is 1. The van der Waals surface area contributed by atoms with Gasteiger partial charge in [-0.3, -0.25) is 18.7 Å². The third-order valence-electron chi connectivity index (χ3n) is 4.22. The number of imidazole rings is 1. The summed E-state index contributed by atoms with van der Waals surface area (Å²) in [5.74, 6) is -0.473. The molecule has 9 heteroatoms. The fraction of sp³-hybridized carbons (Fsp3) is 0.600. The number of fused-ring (bicyclic) bond motifs is 1. The Morgan fingerprint density at radius 3 is 2.83 bits per heavy atom. The van der Waals surface area contributed by atoms with E-state index in [9.17, 15) is 14.4 Å². The molecule has 2 aromatic rings. The Hall–Kier alpha value is -2.42. The molecule has 0 bridgehead atoms. The van der Waals surface area contributed by atoms with Crippen LogP contribution in [0.5, 0.6) is 0 Å². The molecule has 1 unspecified atom stereocenters. The van der Waals surface area contributed by atoms with E-state index in [2.05, 4.69) is 4.98 Å². The normalized spacial score (nSPS) is 18.0. The van der Waals surface area contributed by atoms with Crippen LogP contribution in [-0.4, -0.2) is 44.0 Å². The molecule has 24 heavy (non-hydrogen) atoms. The molecule has 0 N–H and O–H groups in total. The first-order valence-corrected chi connectivity index (χ1v) is 7.87. The van der Waals surface area contributed by atoms with Crippen LogP contribution in [0.1, 0.15) is 19.3 Å². The van der Waals surface area contributed by atoms with E-state index in [0.29, 0.717) is 6.61 Å². The van der Waals surface area contributed by atoms with Crippen molar-refractivity contribution in [1.82, 2.24) is 18.7 Å². The molecule has 1 saturated heterocycles. The number of esters is 1. The quantitative estimate of drug-likeness (QED) is 0.701. The minimum Gasteiger partial charge on any atom is -0.462 e. The van der Waals surface area contributed by atoms with Gasteiger partial charge in [-0.15, -0.1) is 0 Å². The molecule has 1 aliphatic rings. The van der Waals surface area contributed by atoms with E-state index in [0.717, 1.165) is 23.8 Å². The van der Waals surface area contributed by atoms with Gasteiger partial charge in [0.1, 0.15) is 13.2 Å². The molecule has 0 amide bonds. The smallest absolute Gasteiger partial charge is 0.332 e. The van der Waals surface area contributed by atoms with Gasteiger partial charge in [-0.2, -0.15) is 0 Å². The van der Waals surface area contributed by atoms with Crippen LogP contribution in [0, 0.1) is 0 Å². The van der Waals surface area contributed by atoms with E-state index in [4.69, 9.17) is 9.47 Å². The zero-order chi connectivity index (χ0) is 17.3. The van der Waals surface area contributed by atoms with Crippen molar-refractivity contribution in [3.8, 4) is 0 Å². The Kier molecular flexibility index (Phi) is 4.52. The third-order valence-corrected chi connectivity index (χ3v) is 4.22. The van der Waals surface area contributed by atoms with Crippen molar-refractivity contribution in [2.45, 2.75) is 31.9 Å². The number of nitrogens with zero attached hydrogens (tertiary/aromatic N) is 4. The topological polar surface area (TPSA) is 97.3 Å². The molecule has 130 valence electrons. The van der Waals surface area contributed by atoms with Crippen LogP contribution in [0.25, 0.3) is 11.2 Å². The number of rotatable bonds is 4. The zero-order valence-electron chi connectivity index (χ0n) is 13.7. The number of aryl methyl sites for hydroxylation is 1. The number of hydrogen-bond donors (Lipinski definition) is 0. The van der Waals surface area contributed by atoms with E-state index in [1.807, 2.05) is 0 Å². The summed E-state index contributed by atoms with van der Waals surface area (Å²) in [5.41, 5.74) is -0.513. The molecule has 0 aromatic carbocycles. The van der Waals surface area contributed by atoms with Gasteiger partial charge in [-0.05, 0) is 19.3 Å². The molecule has 3 rings (SSSR count). The fourth-order valence-corrected chi connectivity index (χ4v) is 2.83. The van der Waals surface area contributed by atoms with Gasteiger partial charge in [-0.1, -0.05) is 0 Å². The molecular weight excluding hydrogens is 316 g/mol. The molecule has 3 heterocycles. The maximum absolute atomic E-state index is 12.3. The highest BCUT2D eigenvalue weighted by Crippen LogP contribution is 2.13. The van der Waals surface area contributed by atoms with E-state index in [-0.39, 0.29) is 30.4 Å². The summed E-state index contributed by atoms with van der Waals surface area (Å²) in [6.07, 6.45) is 4.29. The Bertz CT molecular complexity index is 872. The van der Waals surface area contributed by atoms with Crippen LogP contribution in [-0.2, 0) is 34.9 Å². The van der Waals surface area contributed by atoms with Crippen LogP contribution < -0.4 is 11.2 Å². The number of carbonyl (C=O) groups excluding carboxylic acids is 1. The van der Waals surface area contributed by atoms with Gasteiger partial charge < -0.3 is 14.0 Å². The molecule has 0 spiro atoms. The minimum atomic E-state index is -0.492. The summed E-state index contributed by atoms with van der Waals surface area (Å²) < 4.78 is 14.4. The predicted octanol–water partition coefficient (Wildman–Crippen LogP) is -0.454. The second kappa shape index (κ2) is 6.60. The van der Waals surface area contributed by atoms with E-state index >= 15 is 0 Å². The van der Waals surface area contributed by atoms with Crippen LogP contribution in [0.4, 0.5) is 0 Å². The summed E-state index contributed by atoms with van der Waals surface area (Å²) in [5, 5.41) is 0. The average Bonchev–Trinajstić information content (AvgIpc) is 3.01. The minimum absolute atomic E-state index is 0.0593. The van der Waals surface area contributed by atoms with Gasteiger partial charge >= 0.3 is 11.7 Å². The zero-order valence-corrected chi connectivity index (χ0v) is 13.7.